The summed E-state index contributed by atoms with van der Waals surface area (Å²) in [6.45, 7) is 0. The lowest BCUT2D eigenvalue weighted by Crippen LogP contribution is -2.11. The van der Waals surface area contributed by atoms with E-state index in [0.717, 1.165) is 0 Å². The van der Waals surface area contributed by atoms with E-state index in [2.05, 4.69) is 4.98 Å². The first kappa shape index (κ1) is 10.2. The number of hydrogen-bond acceptors (Lipinski definition) is 4. The normalized spacial score (nSPS) is 10.3. The van der Waals surface area contributed by atoms with Crippen LogP contribution < -0.4 is 10.3 Å². The van der Waals surface area contributed by atoms with Gasteiger partial charge in [-0.25, -0.2) is 0 Å². The number of methoxy groups -OCH3 is 1. The standard InChI is InChI=1S/C10H8N2O4/c1-16-7-2-3-8-6(4-7)5-11-10(13)9(8)12(14)15/h2-5H,1H3,(H,11,13). The number of H-pyrrole nitrogens is 1. The van der Waals surface area contributed by atoms with Gasteiger partial charge in [0.2, 0.25) is 0 Å². The van der Waals surface area contributed by atoms with Crippen molar-refractivity contribution in [3.8, 4) is 5.75 Å². The van der Waals surface area contributed by atoms with Gasteiger partial charge >= 0.3 is 11.2 Å². The fraction of sp³-hybridized carbons (Fsp3) is 0.100. The van der Waals surface area contributed by atoms with Gasteiger partial charge in [-0.1, -0.05) is 0 Å². The van der Waals surface area contributed by atoms with Gasteiger partial charge in [-0.2, -0.15) is 0 Å². The van der Waals surface area contributed by atoms with Crippen LogP contribution in [0.25, 0.3) is 10.8 Å². The van der Waals surface area contributed by atoms with Gasteiger partial charge in [-0.15, -0.1) is 0 Å². The summed E-state index contributed by atoms with van der Waals surface area (Å²) in [7, 11) is 1.50. The molecule has 1 aromatic carbocycles. The van der Waals surface area contributed by atoms with Gasteiger partial charge in [0.15, 0.2) is 0 Å². The lowest BCUT2D eigenvalue weighted by atomic mass is 10.1. The van der Waals surface area contributed by atoms with E-state index in [1.807, 2.05) is 0 Å². The van der Waals surface area contributed by atoms with E-state index < -0.39 is 16.2 Å². The SMILES string of the molecule is COc1ccc2c([N+](=O)[O-])c(=O)[nH]cc2c1. The lowest BCUT2D eigenvalue weighted by Gasteiger charge is -2.02. The molecule has 82 valence electrons. The predicted molar refractivity (Wildman–Crippen MR) is 57.8 cm³/mol. The first-order valence-electron chi connectivity index (χ1n) is 4.47. The summed E-state index contributed by atoms with van der Waals surface area (Å²) in [5.74, 6) is 0.578. The number of nitro groups is 1. The smallest absolute Gasteiger partial charge is 0.341 e. The van der Waals surface area contributed by atoms with Crippen LogP contribution in [0.3, 0.4) is 0 Å². The highest BCUT2D eigenvalue weighted by molar-refractivity contribution is 5.90. The molecule has 2 rings (SSSR count). The molecule has 0 spiro atoms. The third-order valence-electron chi connectivity index (χ3n) is 2.27. The Kier molecular flexibility index (Phi) is 2.32. The minimum Gasteiger partial charge on any atom is -0.497 e. The van der Waals surface area contributed by atoms with E-state index in [4.69, 9.17) is 4.74 Å². The number of rotatable bonds is 2. The zero-order chi connectivity index (χ0) is 11.7. The molecule has 16 heavy (non-hydrogen) atoms. The third-order valence-corrected chi connectivity index (χ3v) is 2.27. The zero-order valence-corrected chi connectivity index (χ0v) is 8.39. The van der Waals surface area contributed by atoms with E-state index in [9.17, 15) is 14.9 Å². The largest absolute Gasteiger partial charge is 0.497 e. The molecule has 0 saturated carbocycles. The minimum atomic E-state index is -0.706. The van der Waals surface area contributed by atoms with Crippen molar-refractivity contribution < 1.29 is 9.66 Å². The summed E-state index contributed by atoms with van der Waals surface area (Å²) in [6.07, 6.45) is 1.42. The summed E-state index contributed by atoms with van der Waals surface area (Å²) >= 11 is 0. The quantitative estimate of drug-likeness (QED) is 0.613. The molecule has 6 heteroatoms. The fourth-order valence-electron chi connectivity index (χ4n) is 1.52. The molecular formula is C10H8N2O4. The van der Waals surface area contributed by atoms with Crippen molar-refractivity contribution in [3.63, 3.8) is 0 Å². The number of hydrogen-bond donors (Lipinski definition) is 1. The molecule has 0 amide bonds. The lowest BCUT2D eigenvalue weighted by molar-refractivity contribution is -0.384. The molecule has 1 aromatic heterocycles. The Balaban J connectivity index is 2.84. The van der Waals surface area contributed by atoms with E-state index in [1.54, 1.807) is 12.1 Å². The second-order valence-corrected chi connectivity index (χ2v) is 3.18. The Bertz CT molecular complexity index is 618. The number of aromatic amines is 1. The first-order valence-corrected chi connectivity index (χ1v) is 4.47. The van der Waals surface area contributed by atoms with Gasteiger partial charge in [-0.05, 0) is 18.2 Å². The number of benzene rings is 1. The van der Waals surface area contributed by atoms with E-state index in [-0.39, 0.29) is 0 Å². The molecule has 0 saturated heterocycles. The van der Waals surface area contributed by atoms with Crippen LogP contribution in [0.4, 0.5) is 5.69 Å². The van der Waals surface area contributed by atoms with Crippen LogP contribution in [-0.4, -0.2) is 17.0 Å². The highest BCUT2D eigenvalue weighted by atomic mass is 16.6. The molecule has 0 aliphatic rings. The molecule has 0 fully saturated rings. The van der Waals surface area contributed by atoms with Crippen molar-refractivity contribution in [3.05, 3.63) is 44.9 Å². The summed E-state index contributed by atoms with van der Waals surface area (Å²) in [6, 6.07) is 4.70. The number of ether oxygens (including phenoxy) is 1. The molecule has 0 aliphatic carbocycles. The van der Waals surface area contributed by atoms with Crippen LogP contribution in [0.2, 0.25) is 0 Å². The molecule has 1 N–H and O–H groups in total. The number of pyridine rings is 1. The maximum Gasteiger partial charge on any atom is 0.341 e. The molecule has 2 aromatic rings. The average Bonchev–Trinajstić information content (AvgIpc) is 2.27. The Labute approximate surface area is 89.6 Å². The monoisotopic (exact) mass is 220 g/mol. The van der Waals surface area contributed by atoms with Gasteiger partial charge in [0.25, 0.3) is 0 Å². The number of nitrogens with zero attached hydrogens (tertiary/aromatic N) is 1. The van der Waals surface area contributed by atoms with Crippen LogP contribution in [0.1, 0.15) is 0 Å². The summed E-state index contributed by atoms with van der Waals surface area (Å²) < 4.78 is 4.99. The van der Waals surface area contributed by atoms with Gasteiger partial charge < -0.3 is 9.72 Å². The van der Waals surface area contributed by atoms with Crippen LogP contribution in [0.5, 0.6) is 5.75 Å². The predicted octanol–water partition coefficient (Wildman–Crippen LogP) is 1.44. The maximum absolute atomic E-state index is 11.3. The first-order chi connectivity index (χ1) is 7.63. The molecule has 1 heterocycles. The molecule has 0 bridgehead atoms. The van der Waals surface area contributed by atoms with Crippen LogP contribution in [0.15, 0.2) is 29.2 Å². The van der Waals surface area contributed by atoms with Gasteiger partial charge in [0, 0.05) is 11.6 Å². The van der Waals surface area contributed by atoms with Crippen molar-refractivity contribution in [1.82, 2.24) is 4.98 Å². The minimum absolute atomic E-state index is 0.301. The third kappa shape index (κ3) is 1.50. The molecular weight excluding hydrogens is 212 g/mol. The molecule has 0 unspecified atom stereocenters. The Morgan fingerprint density at radius 2 is 2.19 bits per heavy atom. The maximum atomic E-state index is 11.3. The van der Waals surface area contributed by atoms with Gasteiger partial charge in [0.1, 0.15) is 5.75 Å². The Morgan fingerprint density at radius 1 is 1.44 bits per heavy atom. The Hall–Kier alpha value is -2.37. The summed E-state index contributed by atoms with van der Waals surface area (Å²) in [5.41, 5.74) is -1.15. The van der Waals surface area contributed by atoms with Crippen molar-refractivity contribution in [2.45, 2.75) is 0 Å². The highest BCUT2D eigenvalue weighted by Gasteiger charge is 2.17. The molecule has 0 radical (unpaired) electrons. The van der Waals surface area contributed by atoms with Gasteiger partial charge in [0.05, 0.1) is 17.4 Å². The molecule has 0 atom stereocenters. The molecule has 0 aliphatic heterocycles. The van der Waals surface area contributed by atoms with Crippen molar-refractivity contribution >= 4 is 16.5 Å². The van der Waals surface area contributed by atoms with E-state index in [0.29, 0.717) is 16.5 Å². The van der Waals surface area contributed by atoms with Crippen molar-refractivity contribution in [1.29, 1.82) is 0 Å². The summed E-state index contributed by atoms with van der Waals surface area (Å²) in [4.78, 5) is 23.7. The van der Waals surface area contributed by atoms with Gasteiger partial charge in [-0.3, -0.25) is 14.9 Å². The van der Waals surface area contributed by atoms with Crippen LogP contribution in [0, 0.1) is 10.1 Å². The average molecular weight is 220 g/mol. The second-order valence-electron chi connectivity index (χ2n) is 3.18. The highest BCUT2D eigenvalue weighted by Crippen LogP contribution is 2.24. The van der Waals surface area contributed by atoms with Crippen molar-refractivity contribution in [2.24, 2.45) is 0 Å². The Morgan fingerprint density at radius 3 is 2.81 bits per heavy atom. The fourth-order valence-corrected chi connectivity index (χ4v) is 1.52. The molecule has 6 nitrogen and oxygen atoms in total. The van der Waals surface area contributed by atoms with Crippen molar-refractivity contribution in [2.75, 3.05) is 7.11 Å². The number of fused-ring (bicyclic) bond motifs is 1. The van der Waals surface area contributed by atoms with Crippen LogP contribution >= 0.6 is 0 Å². The van der Waals surface area contributed by atoms with E-state index >= 15 is 0 Å². The van der Waals surface area contributed by atoms with Crippen LogP contribution in [-0.2, 0) is 0 Å². The number of nitrogens with one attached hydrogen (secondary N) is 1. The number of aromatic nitrogens is 1. The zero-order valence-electron chi connectivity index (χ0n) is 8.39. The summed E-state index contributed by atoms with van der Waals surface area (Å²) in [5, 5.41) is 11.6. The van der Waals surface area contributed by atoms with E-state index in [1.165, 1.54) is 19.4 Å². The second kappa shape index (κ2) is 3.65. The topological polar surface area (TPSA) is 85.2 Å².